The highest BCUT2D eigenvalue weighted by molar-refractivity contribution is 5.77. The molecule has 0 bridgehead atoms. The molecule has 0 spiro atoms. The first-order chi connectivity index (χ1) is 12.3. The Kier molecular flexibility index (Phi) is 4.72. The predicted octanol–water partition coefficient (Wildman–Crippen LogP) is 6.64. The van der Waals surface area contributed by atoms with E-state index in [0.29, 0.717) is 11.4 Å². The van der Waals surface area contributed by atoms with Crippen LogP contribution in [-0.4, -0.2) is 0 Å². The molecule has 0 aromatic heterocycles. The van der Waals surface area contributed by atoms with Crippen LogP contribution < -0.4 is 4.90 Å². The first kappa shape index (κ1) is 18.0. The Hall–Kier alpha value is -2.82. The Morgan fingerprint density at radius 2 is 0.885 bits per heavy atom. The van der Waals surface area contributed by atoms with Crippen molar-refractivity contribution in [2.24, 2.45) is 0 Å². The van der Waals surface area contributed by atoms with Crippen LogP contribution in [0, 0.1) is 44.0 Å². The molecule has 0 aliphatic rings. The van der Waals surface area contributed by atoms with Crippen molar-refractivity contribution in [2.75, 3.05) is 4.90 Å². The molecule has 0 heterocycles. The molecule has 0 radical (unpaired) electrons. The van der Waals surface area contributed by atoms with E-state index in [9.17, 15) is 17.6 Å². The number of halogens is 4. The van der Waals surface area contributed by atoms with Crippen molar-refractivity contribution in [3.63, 3.8) is 0 Å². The van der Waals surface area contributed by atoms with Crippen LogP contribution in [0.15, 0.2) is 48.5 Å². The van der Waals surface area contributed by atoms with Crippen LogP contribution in [-0.2, 0) is 0 Å². The highest BCUT2D eigenvalue weighted by Gasteiger charge is 2.28. The third-order valence-electron chi connectivity index (χ3n) is 4.27. The van der Waals surface area contributed by atoms with Crippen LogP contribution in [0.25, 0.3) is 0 Å². The molecule has 26 heavy (non-hydrogen) atoms. The summed E-state index contributed by atoms with van der Waals surface area (Å²) in [5.41, 5.74) is 1.20. The molecule has 3 aromatic carbocycles. The Balaban J connectivity index is 2.32. The van der Waals surface area contributed by atoms with Gasteiger partial charge in [0.25, 0.3) is 0 Å². The molecule has 3 rings (SSSR count). The number of anilines is 3. The van der Waals surface area contributed by atoms with Crippen molar-refractivity contribution in [1.29, 1.82) is 0 Å². The zero-order valence-corrected chi connectivity index (χ0v) is 14.6. The summed E-state index contributed by atoms with van der Waals surface area (Å²) in [5, 5.41) is 0. The lowest BCUT2D eigenvalue weighted by Gasteiger charge is -2.27. The van der Waals surface area contributed by atoms with Crippen molar-refractivity contribution in [3.05, 3.63) is 88.5 Å². The van der Waals surface area contributed by atoms with Gasteiger partial charge in [-0.3, -0.25) is 0 Å². The van der Waals surface area contributed by atoms with Crippen LogP contribution >= 0.6 is 0 Å². The van der Waals surface area contributed by atoms with E-state index in [1.807, 2.05) is 13.8 Å². The summed E-state index contributed by atoms with van der Waals surface area (Å²) in [5.74, 6) is -5.66. The first-order valence-electron chi connectivity index (χ1n) is 8.07. The van der Waals surface area contributed by atoms with Crippen LogP contribution in [0.1, 0.15) is 16.7 Å². The summed E-state index contributed by atoms with van der Waals surface area (Å²) in [7, 11) is 0. The summed E-state index contributed by atoms with van der Waals surface area (Å²) < 4.78 is 57.6. The van der Waals surface area contributed by atoms with Crippen molar-refractivity contribution in [3.8, 4) is 0 Å². The molecule has 0 saturated carbocycles. The summed E-state index contributed by atoms with van der Waals surface area (Å²) in [4.78, 5) is 1.18. The Bertz CT molecular complexity index is 873. The van der Waals surface area contributed by atoms with Gasteiger partial charge in [-0.25, -0.2) is 17.6 Å². The van der Waals surface area contributed by atoms with Crippen molar-refractivity contribution in [1.82, 2.24) is 0 Å². The minimum absolute atomic E-state index is 0.389. The number of hydrogen-bond acceptors (Lipinski definition) is 1. The van der Waals surface area contributed by atoms with Gasteiger partial charge in [0, 0.05) is 16.9 Å². The third-order valence-corrected chi connectivity index (χ3v) is 4.27. The second-order valence-electron chi connectivity index (χ2n) is 6.24. The van der Waals surface area contributed by atoms with E-state index in [1.165, 1.54) is 4.90 Å². The molecular formula is C21H17F4N. The van der Waals surface area contributed by atoms with Gasteiger partial charge < -0.3 is 4.90 Å². The van der Waals surface area contributed by atoms with Gasteiger partial charge in [0.1, 0.15) is 5.69 Å². The number of benzene rings is 3. The third kappa shape index (κ3) is 3.05. The zero-order valence-electron chi connectivity index (χ0n) is 14.6. The molecule has 0 saturated heterocycles. The standard InChI is InChI=1S/C21H17F4N/c1-12-4-8-15(9-5-12)26(16-10-6-13(2)7-11-16)21-19(24)17(22)14(3)18(23)20(21)25/h4-11H,1-3H3. The lowest BCUT2D eigenvalue weighted by Crippen LogP contribution is -2.16. The number of rotatable bonds is 3. The molecule has 0 amide bonds. The molecule has 5 heteroatoms. The Morgan fingerprint density at radius 1 is 0.538 bits per heavy atom. The van der Waals surface area contributed by atoms with E-state index in [-0.39, 0.29) is 0 Å². The van der Waals surface area contributed by atoms with Gasteiger partial charge in [0.15, 0.2) is 23.3 Å². The molecule has 0 fully saturated rings. The smallest absolute Gasteiger partial charge is 0.186 e. The van der Waals surface area contributed by atoms with Crippen molar-refractivity contribution in [2.45, 2.75) is 20.8 Å². The summed E-state index contributed by atoms with van der Waals surface area (Å²) in [6, 6.07) is 13.6. The van der Waals surface area contributed by atoms with E-state index >= 15 is 0 Å². The van der Waals surface area contributed by atoms with Gasteiger partial charge in [-0.2, -0.15) is 0 Å². The average molecular weight is 359 g/mol. The second-order valence-corrected chi connectivity index (χ2v) is 6.24. The number of hydrogen-bond donors (Lipinski definition) is 0. The maximum Gasteiger partial charge on any atom is 0.186 e. The highest BCUT2D eigenvalue weighted by Crippen LogP contribution is 2.40. The van der Waals surface area contributed by atoms with Gasteiger partial charge in [-0.05, 0) is 45.0 Å². The minimum atomic E-state index is -1.43. The fraction of sp³-hybridized carbons (Fsp3) is 0.143. The number of aryl methyl sites for hydroxylation is 2. The minimum Gasteiger partial charge on any atom is -0.305 e. The molecular weight excluding hydrogens is 342 g/mol. The molecule has 0 aliphatic heterocycles. The van der Waals surface area contributed by atoms with E-state index in [2.05, 4.69) is 0 Å². The van der Waals surface area contributed by atoms with Gasteiger partial charge >= 0.3 is 0 Å². The first-order valence-corrected chi connectivity index (χ1v) is 8.07. The number of nitrogens with zero attached hydrogens (tertiary/aromatic N) is 1. The highest BCUT2D eigenvalue weighted by atomic mass is 19.2. The molecule has 3 aromatic rings. The molecule has 1 nitrogen and oxygen atoms in total. The van der Waals surface area contributed by atoms with Crippen LogP contribution in [0.3, 0.4) is 0 Å². The molecule has 0 aliphatic carbocycles. The fourth-order valence-corrected chi connectivity index (χ4v) is 2.72. The largest absolute Gasteiger partial charge is 0.305 e. The maximum atomic E-state index is 14.7. The second kappa shape index (κ2) is 6.83. The Morgan fingerprint density at radius 3 is 1.23 bits per heavy atom. The van der Waals surface area contributed by atoms with Crippen LogP contribution in [0.2, 0.25) is 0 Å². The summed E-state index contributed by atoms with van der Waals surface area (Å²) in [6.07, 6.45) is 0. The van der Waals surface area contributed by atoms with Gasteiger partial charge in [-0.1, -0.05) is 35.4 Å². The van der Waals surface area contributed by atoms with E-state index in [4.69, 9.17) is 0 Å². The molecule has 134 valence electrons. The van der Waals surface area contributed by atoms with E-state index in [1.54, 1.807) is 48.5 Å². The maximum absolute atomic E-state index is 14.7. The van der Waals surface area contributed by atoms with Gasteiger partial charge in [0.2, 0.25) is 0 Å². The molecule has 0 atom stereocenters. The quantitative estimate of drug-likeness (QED) is 0.374. The topological polar surface area (TPSA) is 3.24 Å². The van der Waals surface area contributed by atoms with Crippen LogP contribution in [0.5, 0.6) is 0 Å². The summed E-state index contributed by atoms with van der Waals surface area (Å²) >= 11 is 0. The Labute approximate surface area is 149 Å². The van der Waals surface area contributed by atoms with Crippen molar-refractivity contribution >= 4 is 17.1 Å². The van der Waals surface area contributed by atoms with Crippen LogP contribution in [0.4, 0.5) is 34.6 Å². The zero-order chi connectivity index (χ0) is 19.0. The lowest BCUT2D eigenvalue weighted by atomic mass is 10.1. The molecule has 0 N–H and O–H groups in total. The monoisotopic (exact) mass is 359 g/mol. The predicted molar refractivity (Wildman–Crippen MR) is 95.2 cm³/mol. The van der Waals surface area contributed by atoms with Gasteiger partial charge in [-0.15, -0.1) is 0 Å². The lowest BCUT2D eigenvalue weighted by molar-refractivity contribution is 0.448. The van der Waals surface area contributed by atoms with E-state index in [0.717, 1.165) is 18.1 Å². The fourth-order valence-electron chi connectivity index (χ4n) is 2.72. The summed E-state index contributed by atoms with van der Waals surface area (Å²) in [6.45, 7) is 4.74. The van der Waals surface area contributed by atoms with E-state index < -0.39 is 34.5 Å². The van der Waals surface area contributed by atoms with Gasteiger partial charge in [0.05, 0.1) is 0 Å². The normalized spacial score (nSPS) is 10.9. The SMILES string of the molecule is Cc1ccc(N(c2ccc(C)cc2)c2c(F)c(F)c(C)c(F)c2F)cc1. The average Bonchev–Trinajstić information content (AvgIpc) is 2.64. The molecule has 0 unspecified atom stereocenters. The van der Waals surface area contributed by atoms with Crippen molar-refractivity contribution < 1.29 is 17.6 Å².